The molecule has 0 spiro atoms. The Hall–Kier alpha value is -3.81. The molecule has 0 fully saturated rings. The van der Waals surface area contributed by atoms with Gasteiger partial charge in [-0.15, -0.1) is 0 Å². The van der Waals surface area contributed by atoms with Gasteiger partial charge in [0.1, 0.15) is 24.7 Å². The standard InChI is InChI=1S/C23H23N3O5/c1-3-30-18-7-5-17(6-8-18)25-11-10-24(22(28)23(25)29)15-21(27)26-12-13-31-20-9-4-16(2)14-19(20)26/h4-11,14H,3,12-13,15H2,1-2H3. The first-order chi connectivity index (χ1) is 15.0. The Kier molecular flexibility index (Phi) is 5.62. The van der Waals surface area contributed by atoms with Crippen LogP contribution in [0.2, 0.25) is 0 Å². The molecule has 160 valence electrons. The van der Waals surface area contributed by atoms with Crippen LogP contribution in [0.4, 0.5) is 5.69 Å². The van der Waals surface area contributed by atoms with E-state index in [1.807, 2.05) is 32.0 Å². The van der Waals surface area contributed by atoms with E-state index in [-0.39, 0.29) is 12.5 Å². The molecule has 31 heavy (non-hydrogen) atoms. The van der Waals surface area contributed by atoms with E-state index in [0.29, 0.717) is 42.6 Å². The number of aromatic nitrogens is 2. The van der Waals surface area contributed by atoms with Crippen molar-refractivity contribution in [2.45, 2.75) is 20.4 Å². The van der Waals surface area contributed by atoms with E-state index < -0.39 is 11.1 Å². The largest absolute Gasteiger partial charge is 0.494 e. The van der Waals surface area contributed by atoms with Gasteiger partial charge in [-0.2, -0.15) is 0 Å². The van der Waals surface area contributed by atoms with Crippen LogP contribution in [0.1, 0.15) is 12.5 Å². The third-order valence-corrected chi connectivity index (χ3v) is 5.07. The average molecular weight is 421 g/mol. The van der Waals surface area contributed by atoms with E-state index in [9.17, 15) is 14.4 Å². The topological polar surface area (TPSA) is 82.8 Å². The molecule has 0 bridgehead atoms. The van der Waals surface area contributed by atoms with Crippen LogP contribution in [0.25, 0.3) is 5.69 Å². The Bertz CT molecular complexity index is 1230. The van der Waals surface area contributed by atoms with Crippen LogP contribution in [0.5, 0.6) is 11.5 Å². The van der Waals surface area contributed by atoms with Crippen LogP contribution in [-0.4, -0.2) is 34.8 Å². The molecule has 0 saturated heterocycles. The molecule has 8 heteroatoms. The second kappa shape index (κ2) is 8.51. The predicted molar refractivity (Wildman–Crippen MR) is 116 cm³/mol. The first kappa shape index (κ1) is 20.5. The molecule has 0 unspecified atom stereocenters. The maximum Gasteiger partial charge on any atom is 0.320 e. The van der Waals surface area contributed by atoms with Gasteiger partial charge in [-0.05, 0) is 55.8 Å². The number of ether oxygens (including phenoxy) is 2. The number of carbonyl (C=O) groups excluding carboxylic acids is 1. The monoisotopic (exact) mass is 421 g/mol. The second-order valence-corrected chi connectivity index (χ2v) is 7.20. The summed E-state index contributed by atoms with van der Waals surface area (Å²) in [7, 11) is 0. The summed E-state index contributed by atoms with van der Waals surface area (Å²) in [6.45, 7) is 4.88. The Morgan fingerprint density at radius 1 is 1.06 bits per heavy atom. The van der Waals surface area contributed by atoms with E-state index in [4.69, 9.17) is 9.47 Å². The van der Waals surface area contributed by atoms with Gasteiger partial charge < -0.3 is 14.4 Å². The fourth-order valence-corrected chi connectivity index (χ4v) is 3.52. The van der Waals surface area contributed by atoms with Gasteiger partial charge in [0.15, 0.2) is 0 Å². The lowest BCUT2D eigenvalue weighted by Gasteiger charge is -2.30. The highest BCUT2D eigenvalue weighted by Gasteiger charge is 2.24. The van der Waals surface area contributed by atoms with E-state index >= 15 is 0 Å². The SMILES string of the molecule is CCOc1ccc(-n2ccn(CC(=O)N3CCOc4ccc(C)cc43)c(=O)c2=O)cc1. The van der Waals surface area contributed by atoms with Gasteiger partial charge in [-0.25, -0.2) is 0 Å². The number of nitrogens with zero attached hydrogens (tertiary/aromatic N) is 3. The predicted octanol–water partition coefficient (Wildman–Crippen LogP) is 2.13. The van der Waals surface area contributed by atoms with Crippen LogP contribution in [-0.2, 0) is 11.3 Å². The summed E-state index contributed by atoms with van der Waals surface area (Å²) in [4.78, 5) is 39.9. The summed E-state index contributed by atoms with van der Waals surface area (Å²) in [5.41, 5.74) is 0.728. The maximum atomic E-state index is 12.9. The number of carbonyl (C=O) groups is 1. The molecule has 0 atom stereocenters. The van der Waals surface area contributed by atoms with Gasteiger partial charge in [0, 0.05) is 18.1 Å². The van der Waals surface area contributed by atoms with Crippen molar-refractivity contribution < 1.29 is 14.3 Å². The number of fused-ring (bicyclic) bond motifs is 1. The molecular weight excluding hydrogens is 398 g/mol. The van der Waals surface area contributed by atoms with Gasteiger partial charge in [0.25, 0.3) is 0 Å². The van der Waals surface area contributed by atoms with Crippen molar-refractivity contribution in [3.63, 3.8) is 0 Å². The van der Waals surface area contributed by atoms with E-state index in [0.717, 1.165) is 10.1 Å². The fraction of sp³-hybridized carbons (Fsp3) is 0.261. The molecule has 1 aromatic heterocycles. The van der Waals surface area contributed by atoms with Gasteiger partial charge >= 0.3 is 11.1 Å². The third-order valence-electron chi connectivity index (χ3n) is 5.07. The molecule has 3 aromatic rings. The van der Waals surface area contributed by atoms with Crippen LogP contribution in [0, 0.1) is 6.92 Å². The summed E-state index contributed by atoms with van der Waals surface area (Å²) in [5, 5.41) is 0. The highest BCUT2D eigenvalue weighted by Crippen LogP contribution is 2.32. The van der Waals surface area contributed by atoms with Crippen molar-refractivity contribution in [1.29, 1.82) is 0 Å². The van der Waals surface area contributed by atoms with Gasteiger partial charge in [0.2, 0.25) is 5.91 Å². The molecule has 0 radical (unpaired) electrons. The third kappa shape index (κ3) is 4.09. The molecule has 0 aliphatic carbocycles. The minimum Gasteiger partial charge on any atom is -0.494 e. The van der Waals surface area contributed by atoms with Crippen molar-refractivity contribution in [2.24, 2.45) is 0 Å². The Morgan fingerprint density at radius 3 is 2.58 bits per heavy atom. The average Bonchev–Trinajstić information content (AvgIpc) is 2.77. The highest BCUT2D eigenvalue weighted by molar-refractivity contribution is 5.95. The van der Waals surface area contributed by atoms with Crippen LogP contribution >= 0.6 is 0 Å². The zero-order chi connectivity index (χ0) is 22.0. The Balaban J connectivity index is 1.59. The zero-order valence-electron chi connectivity index (χ0n) is 17.4. The molecule has 2 heterocycles. The number of anilines is 1. The lowest BCUT2D eigenvalue weighted by molar-refractivity contribution is -0.119. The number of hydrogen-bond acceptors (Lipinski definition) is 5. The van der Waals surface area contributed by atoms with Crippen LogP contribution < -0.4 is 25.5 Å². The smallest absolute Gasteiger partial charge is 0.320 e. The normalized spacial score (nSPS) is 12.8. The maximum absolute atomic E-state index is 12.9. The molecule has 2 aromatic carbocycles. The molecule has 0 N–H and O–H groups in total. The zero-order valence-corrected chi connectivity index (χ0v) is 17.4. The van der Waals surface area contributed by atoms with Crippen molar-refractivity contribution >= 4 is 11.6 Å². The lowest BCUT2D eigenvalue weighted by Crippen LogP contribution is -2.45. The van der Waals surface area contributed by atoms with Crippen molar-refractivity contribution in [3.8, 4) is 17.2 Å². The molecule has 1 amide bonds. The molecule has 4 rings (SSSR count). The summed E-state index contributed by atoms with van der Waals surface area (Å²) >= 11 is 0. The first-order valence-corrected chi connectivity index (χ1v) is 10.1. The number of aryl methyl sites for hydroxylation is 1. The van der Waals surface area contributed by atoms with Crippen LogP contribution in [0.3, 0.4) is 0 Å². The summed E-state index contributed by atoms with van der Waals surface area (Å²) in [6.07, 6.45) is 2.94. The first-order valence-electron chi connectivity index (χ1n) is 10.1. The Labute approximate surface area is 178 Å². The van der Waals surface area contributed by atoms with Gasteiger partial charge in [0.05, 0.1) is 18.8 Å². The number of amides is 1. The van der Waals surface area contributed by atoms with E-state index in [1.165, 1.54) is 17.0 Å². The molecule has 0 saturated carbocycles. The second-order valence-electron chi connectivity index (χ2n) is 7.20. The number of hydrogen-bond donors (Lipinski definition) is 0. The molecule has 8 nitrogen and oxygen atoms in total. The van der Waals surface area contributed by atoms with Crippen molar-refractivity contribution in [1.82, 2.24) is 9.13 Å². The number of rotatable bonds is 5. The highest BCUT2D eigenvalue weighted by atomic mass is 16.5. The lowest BCUT2D eigenvalue weighted by atomic mass is 10.1. The van der Waals surface area contributed by atoms with Crippen molar-refractivity contribution in [2.75, 3.05) is 24.7 Å². The minimum atomic E-state index is -0.762. The fourth-order valence-electron chi connectivity index (χ4n) is 3.52. The summed E-state index contributed by atoms with van der Waals surface area (Å²) < 4.78 is 13.4. The van der Waals surface area contributed by atoms with Crippen molar-refractivity contribution in [3.05, 3.63) is 81.1 Å². The quantitative estimate of drug-likeness (QED) is 0.590. The van der Waals surface area contributed by atoms with Gasteiger partial charge in [-0.3, -0.25) is 23.5 Å². The molecular formula is C23H23N3O5. The summed E-state index contributed by atoms with van der Waals surface area (Å²) in [6, 6.07) is 12.5. The number of benzene rings is 2. The van der Waals surface area contributed by atoms with Gasteiger partial charge in [-0.1, -0.05) is 6.07 Å². The molecule has 1 aliphatic rings. The Morgan fingerprint density at radius 2 is 1.84 bits per heavy atom. The summed E-state index contributed by atoms with van der Waals surface area (Å²) in [5.74, 6) is 1.03. The van der Waals surface area contributed by atoms with E-state index in [2.05, 4.69) is 0 Å². The minimum absolute atomic E-state index is 0.231. The van der Waals surface area contributed by atoms with Crippen LogP contribution in [0.15, 0.2) is 64.4 Å². The van der Waals surface area contributed by atoms with E-state index in [1.54, 1.807) is 29.2 Å². The molecule has 1 aliphatic heterocycles.